The Balaban J connectivity index is 1.48. The third-order valence-electron chi connectivity index (χ3n) is 5.49. The number of rotatable bonds is 4. The molecule has 31 heavy (non-hydrogen) atoms. The Morgan fingerprint density at radius 1 is 1.13 bits per heavy atom. The maximum Gasteiger partial charge on any atom is 0.267 e. The lowest BCUT2D eigenvalue weighted by Gasteiger charge is -2.36. The van der Waals surface area contributed by atoms with Crippen LogP contribution in [0.5, 0.6) is 0 Å². The zero-order chi connectivity index (χ0) is 22.1. The molecule has 0 aliphatic carbocycles. The topological polar surface area (TPSA) is 91.9 Å². The van der Waals surface area contributed by atoms with Gasteiger partial charge in [0.05, 0.1) is 18.5 Å². The van der Waals surface area contributed by atoms with Crippen LogP contribution >= 0.6 is 0 Å². The summed E-state index contributed by atoms with van der Waals surface area (Å²) in [4.78, 5) is 30.2. The van der Waals surface area contributed by atoms with E-state index in [-0.39, 0.29) is 30.6 Å². The van der Waals surface area contributed by atoms with Crippen LogP contribution < -0.4 is 10.6 Å². The van der Waals surface area contributed by atoms with Gasteiger partial charge >= 0.3 is 0 Å². The van der Waals surface area contributed by atoms with Crippen molar-refractivity contribution in [3.8, 4) is 0 Å². The summed E-state index contributed by atoms with van der Waals surface area (Å²) in [6.07, 6.45) is 0.445. The fourth-order valence-corrected chi connectivity index (χ4v) is 3.97. The van der Waals surface area contributed by atoms with Gasteiger partial charge in [0.1, 0.15) is 29.3 Å². The van der Waals surface area contributed by atoms with Gasteiger partial charge in [-0.3, -0.25) is 9.59 Å². The number of hydrogen-bond donors (Lipinski definition) is 1. The van der Waals surface area contributed by atoms with Crippen molar-refractivity contribution < 1.29 is 22.8 Å². The second-order valence-electron chi connectivity index (χ2n) is 7.54. The minimum Gasteiger partial charge on any atom is -0.364 e. The molecule has 0 radical (unpaired) electrons. The Morgan fingerprint density at radius 3 is 2.55 bits per heavy atom. The van der Waals surface area contributed by atoms with Crippen LogP contribution in [0, 0.1) is 17.6 Å². The summed E-state index contributed by atoms with van der Waals surface area (Å²) in [6, 6.07) is 7.08. The minimum atomic E-state index is -1.51. The standard InChI is InChI=1S/C21H20F3N5O2/c22-13-8-12(9-14(23)10-13)18-4-6-26-29(18)21(31)15-5-7-28(11-16(15)24)19-3-1-2-17(27-19)20(25)30/h1-3,6,8-10,15-16,18H,4-5,7,11H2,(H2,25,30)/t15-,16+,18-/m0/s1. The first-order valence-electron chi connectivity index (χ1n) is 9.81. The molecule has 0 saturated carbocycles. The number of nitrogens with zero attached hydrogens (tertiary/aromatic N) is 4. The molecule has 7 nitrogen and oxygen atoms in total. The Labute approximate surface area is 176 Å². The Morgan fingerprint density at radius 2 is 1.87 bits per heavy atom. The lowest BCUT2D eigenvalue weighted by atomic mass is 9.92. The SMILES string of the molecule is NC(=O)c1cccc(N2CC[C@H](C(=O)N3N=CC[C@H]3c3cc(F)cc(F)c3)[C@H](F)C2)n1. The number of anilines is 1. The number of carbonyl (C=O) groups is 2. The van der Waals surface area contributed by atoms with Crippen LogP contribution in [-0.4, -0.2) is 47.3 Å². The number of carbonyl (C=O) groups excluding carboxylic acids is 2. The Bertz CT molecular complexity index is 1030. The molecular weight excluding hydrogens is 411 g/mol. The van der Waals surface area contributed by atoms with Crippen LogP contribution in [-0.2, 0) is 4.79 Å². The molecule has 0 spiro atoms. The molecule has 4 rings (SSSR count). The van der Waals surface area contributed by atoms with Gasteiger partial charge in [-0.05, 0) is 36.2 Å². The van der Waals surface area contributed by atoms with Crippen LogP contribution in [0.1, 0.15) is 34.9 Å². The van der Waals surface area contributed by atoms with E-state index in [9.17, 15) is 18.4 Å². The highest BCUT2D eigenvalue weighted by Crippen LogP contribution is 2.34. The molecule has 2 aliphatic rings. The number of pyridine rings is 1. The first kappa shape index (κ1) is 20.8. The summed E-state index contributed by atoms with van der Waals surface area (Å²) >= 11 is 0. The summed E-state index contributed by atoms with van der Waals surface area (Å²) < 4.78 is 42.3. The molecule has 2 amide bonds. The van der Waals surface area contributed by atoms with Crippen molar-refractivity contribution in [3.05, 3.63) is 59.3 Å². The number of hydrazone groups is 1. The Kier molecular flexibility index (Phi) is 5.62. The third kappa shape index (κ3) is 4.23. The zero-order valence-electron chi connectivity index (χ0n) is 16.4. The molecule has 1 aromatic heterocycles. The van der Waals surface area contributed by atoms with Crippen molar-refractivity contribution in [3.63, 3.8) is 0 Å². The van der Waals surface area contributed by atoms with Gasteiger partial charge in [-0.2, -0.15) is 5.10 Å². The fourth-order valence-electron chi connectivity index (χ4n) is 3.97. The summed E-state index contributed by atoms with van der Waals surface area (Å²) in [5.41, 5.74) is 5.59. The smallest absolute Gasteiger partial charge is 0.267 e. The van der Waals surface area contributed by atoms with Gasteiger partial charge in [0.15, 0.2) is 0 Å². The second-order valence-corrected chi connectivity index (χ2v) is 7.54. The largest absolute Gasteiger partial charge is 0.364 e. The molecule has 3 heterocycles. The van der Waals surface area contributed by atoms with Gasteiger partial charge in [-0.25, -0.2) is 23.2 Å². The summed E-state index contributed by atoms with van der Waals surface area (Å²) in [5.74, 6) is -3.28. The third-order valence-corrected chi connectivity index (χ3v) is 5.49. The highest BCUT2D eigenvalue weighted by Gasteiger charge is 2.40. The highest BCUT2D eigenvalue weighted by molar-refractivity contribution is 5.91. The van der Waals surface area contributed by atoms with E-state index >= 15 is 4.39 Å². The predicted octanol–water partition coefficient (Wildman–Crippen LogP) is 2.58. The predicted molar refractivity (Wildman–Crippen MR) is 107 cm³/mol. The van der Waals surface area contributed by atoms with Crippen molar-refractivity contribution in [1.82, 2.24) is 9.99 Å². The van der Waals surface area contributed by atoms with E-state index < -0.39 is 41.6 Å². The molecule has 1 saturated heterocycles. The number of hydrogen-bond acceptors (Lipinski definition) is 5. The van der Waals surface area contributed by atoms with Crippen molar-refractivity contribution >= 4 is 23.8 Å². The van der Waals surface area contributed by atoms with Gasteiger partial charge in [-0.15, -0.1) is 0 Å². The van der Waals surface area contributed by atoms with E-state index in [4.69, 9.17) is 5.73 Å². The van der Waals surface area contributed by atoms with E-state index in [0.29, 0.717) is 12.4 Å². The molecule has 1 fully saturated rings. The monoisotopic (exact) mass is 431 g/mol. The lowest BCUT2D eigenvalue weighted by molar-refractivity contribution is -0.140. The van der Waals surface area contributed by atoms with E-state index in [1.165, 1.54) is 12.3 Å². The number of aromatic nitrogens is 1. The summed E-state index contributed by atoms with van der Waals surface area (Å²) in [6.45, 7) is 0.241. The van der Waals surface area contributed by atoms with Crippen LogP contribution in [0.25, 0.3) is 0 Å². The highest BCUT2D eigenvalue weighted by atomic mass is 19.1. The minimum absolute atomic E-state index is 0.0719. The number of primary amides is 1. The maximum atomic E-state index is 15.0. The van der Waals surface area contributed by atoms with Crippen LogP contribution in [0.15, 0.2) is 41.5 Å². The molecule has 2 N–H and O–H groups in total. The molecule has 2 aliphatic heterocycles. The number of amides is 2. The second kappa shape index (κ2) is 8.37. The van der Waals surface area contributed by atoms with Crippen molar-refractivity contribution in [2.75, 3.05) is 18.0 Å². The Hall–Kier alpha value is -3.43. The van der Waals surface area contributed by atoms with E-state index in [0.717, 1.165) is 23.2 Å². The molecule has 0 unspecified atom stereocenters. The normalized spacial score (nSPS) is 23.3. The lowest BCUT2D eigenvalue weighted by Crippen LogP contribution is -2.48. The first-order valence-corrected chi connectivity index (χ1v) is 9.81. The maximum absolute atomic E-state index is 15.0. The molecule has 2 aromatic rings. The summed E-state index contributed by atoms with van der Waals surface area (Å²) in [5, 5.41) is 5.16. The molecule has 0 bridgehead atoms. The number of benzene rings is 1. The van der Waals surface area contributed by atoms with Crippen molar-refractivity contribution in [2.45, 2.75) is 25.1 Å². The van der Waals surface area contributed by atoms with E-state index in [2.05, 4.69) is 10.1 Å². The number of halogens is 3. The molecular formula is C21H20F3N5O2. The zero-order valence-corrected chi connectivity index (χ0v) is 16.4. The molecule has 1 aromatic carbocycles. The van der Waals surface area contributed by atoms with Crippen LogP contribution in [0.4, 0.5) is 19.0 Å². The molecule has 162 valence electrons. The molecule has 10 heteroatoms. The van der Waals surface area contributed by atoms with Crippen LogP contribution in [0.3, 0.4) is 0 Å². The number of alkyl halides is 1. The quantitative estimate of drug-likeness (QED) is 0.806. The number of nitrogens with two attached hydrogens (primary N) is 1. The number of piperidine rings is 1. The van der Waals surface area contributed by atoms with Crippen LogP contribution in [0.2, 0.25) is 0 Å². The van der Waals surface area contributed by atoms with Gasteiger partial charge in [-0.1, -0.05) is 6.07 Å². The average molecular weight is 431 g/mol. The molecule has 3 atom stereocenters. The average Bonchev–Trinajstić information content (AvgIpc) is 3.22. The van der Waals surface area contributed by atoms with Gasteiger partial charge in [0, 0.05) is 25.2 Å². The van der Waals surface area contributed by atoms with E-state index in [1.807, 2.05) is 0 Å². The fraction of sp³-hybridized carbons (Fsp3) is 0.333. The summed E-state index contributed by atoms with van der Waals surface area (Å²) in [7, 11) is 0. The first-order chi connectivity index (χ1) is 14.8. The van der Waals surface area contributed by atoms with Crippen molar-refractivity contribution in [1.29, 1.82) is 0 Å². The van der Waals surface area contributed by atoms with Crippen molar-refractivity contribution in [2.24, 2.45) is 16.8 Å². The van der Waals surface area contributed by atoms with Gasteiger partial charge in [0.2, 0.25) is 5.91 Å². The van der Waals surface area contributed by atoms with E-state index in [1.54, 1.807) is 17.0 Å². The van der Waals surface area contributed by atoms with Gasteiger partial charge < -0.3 is 10.6 Å². The van der Waals surface area contributed by atoms with Gasteiger partial charge in [0.25, 0.3) is 5.91 Å².